The molecule has 7 heteroatoms. The van der Waals surface area contributed by atoms with Crippen molar-refractivity contribution >= 4 is 10.0 Å². The maximum Gasteiger partial charge on any atom is 0.243 e. The molecule has 1 fully saturated rings. The first-order chi connectivity index (χ1) is 15.3. The predicted octanol–water partition coefficient (Wildman–Crippen LogP) is 4.39. The van der Waals surface area contributed by atoms with Crippen molar-refractivity contribution in [1.82, 2.24) is 4.31 Å². The molecule has 0 saturated heterocycles. The molecule has 0 amide bonds. The van der Waals surface area contributed by atoms with Crippen LogP contribution in [0.3, 0.4) is 0 Å². The van der Waals surface area contributed by atoms with Gasteiger partial charge in [-0.3, -0.25) is 0 Å². The Morgan fingerprint density at radius 3 is 2.28 bits per heavy atom. The van der Waals surface area contributed by atoms with Gasteiger partial charge in [-0.2, -0.15) is 4.31 Å². The van der Waals surface area contributed by atoms with Crippen LogP contribution in [-0.2, 0) is 16.4 Å². The van der Waals surface area contributed by atoms with Crippen molar-refractivity contribution in [3.63, 3.8) is 0 Å². The Labute approximate surface area is 191 Å². The van der Waals surface area contributed by atoms with Crippen molar-refractivity contribution in [2.24, 2.45) is 0 Å². The van der Waals surface area contributed by atoms with E-state index < -0.39 is 21.7 Å². The highest BCUT2D eigenvalue weighted by Crippen LogP contribution is 2.45. The number of aryl methyl sites for hydroxylation is 1. The summed E-state index contributed by atoms with van der Waals surface area (Å²) in [5, 5.41) is 11.4. The zero-order valence-electron chi connectivity index (χ0n) is 19.1. The van der Waals surface area contributed by atoms with E-state index in [1.54, 1.807) is 30.7 Å². The molecule has 0 spiro atoms. The minimum Gasteiger partial charge on any atom is -0.493 e. The van der Waals surface area contributed by atoms with Crippen LogP contribution in [0.25, 0.3) is 0 Å². The third-order valence-corrected chi connectivity index (χ3v) is 8.86. The Hall–Kier alpha value is -2.09. The second kappa shape index (κ2) is 9.04. The highest BCUT2D eigenvalue weighted by atomic mass is 32.2. The lowest BCUT2D eigenvalue weighted by atomic mass is 9.77. The van der Waals surface area contributed by atoms with E-state index in [0.717, 1.165) is 36.0 Å². The number of ether oxygens (including phenoxy) is 2. The van der Waals surface area contributed by atoms with Crippen molar-refractivity contribution in [1.29, 1.82) is 0 Å². The van der Waals surface area contributed by atoms with E-state index in [0.29, 0.717) is 43.7 Å². The first-order valence-electron chi connectivity index (χ1n) is 11.3. The zero-order chi connectivity index (χ0) is 22.9. The fraction of sp³-hybridized carbons (Fsp3) is 0.520. The molecule has 1 unspecified atom stereocenters. The molecule has 32 heavy (non-hydrogen) atoms. The summed E-state index contributed by atoms with van der Waals surface area (Å²) in [7, 11) is -0.552. The van der Waals surface area contributed by atoms with Crippen LogP contribution in [0.2, 0.25) is 0 Å². The lowest BCUT2D eigenvalue weighted by molar-refractivity contribution is -0.0205. The summed E-state index contributed by atoms with van der Waals surface area (Å²) in [4.78, 5) is 0.285. The Balaban J connectivity index is 1.80. The van der Waals surface area contributed by atoms with Crippen LogP contribution in [0, 0.1) is 6.92 Å². The highest BCUT2D eigenvalue weighted by molar-refractivity contribution is 7.89. The number of hydrogen-bond donors (Lipinski definition) is 1. The number of benzene rings is 2. The monoisotopic (exact) mass is 459 g/mol. The third kappa shape index (κ3) is 4.38. The second-order valence-electron chi connectivity index (χ2n) is 9.09. The molecule has 1 N–H and O–H groups in total. The number of nitrogens with zero attached hydrogens (tertiary/aromatic N) is 1. The van der Waals surface area contributed by atoms with Gasteiger partial charge in [0.25, 0.3) is 0 Å². The molecule has 0 radical (unpaired) electrons. The molecule has 2 aliphatic rings. The third-order valence-electron chi connectivity index (χ3n) is 6.94. The largest absolute Gasteiger partial charge is 0.493 e. The number of hydrogen-bond acceptors (Lipinski definition) is 5. The fourth-order valence-electron chi connectivity index (χ4n) is 5.12. The molecule has 1 aliphatic carbocycles. The highest BCUT2D eigenvalue weighted by Gasteiger charge is 2.42. The molecule has 1 atom stereocenters. The van der Waals surface area contributed by atoms with E-state index in [1.807, 2.05) is 31.2 Å². The van der Waals surface area contributed by atoms with Crippen LogP contribution in [0.4, 0.5) is 0 Å². The molecular weight excluding hydrogens is 426 g/mol. The molecule has 2 aromatic rings. The van der Waals surface area contributed by atoms with Crippen LogP contribution >= 0.6 is 0 Å². The number of sulfonamides is 1. The molecule has 0 aromatic heterocycles. The van der Waals surface area contributed by atoms with Crippen molar-refractivity contribution in [2.45, 2.75) is 68.4 Å². The molecule has 0 bridgehead atoms. The average molecular weight is 460 g/mol. The minimum atomic E-state index is -3.73. The molecule has 1 saturated carbocycles. The van der Waals surface area contributed by atoms with E-state index in [4.69, 9.17) is 9.47 Å². The van der Waals surface area contributed by atoms with Crippen molar-refractivity contribution in [3.8, 4) is 11.5 Å². The van der Waals surface area contributed by atoms with Crippen LogP contribution < -0.4 is 9.47 Å². The molecular formula is C25H33NO5S. The number of rotatable bonds is 6. The molecule has 2 aromatic carbocycles. The van der Waals surface area contributed by atoms with E-state index in [9.17, 15) is 13.5 Å². The standard InChI is InChI=1S/C25H33NO5S/c1-18-7-9-20(10-8-18)32(28,29)26-14-11-19-15-23(30-2)24(31-3)16-21(19)22(26)17-25(27)12-5-4-6-13-25/h7-10,15-16,22,27H,4-6,11-14,17H2,1-3H3. The van der Waals surface area contributed by atoms with Crippen LogP contribution in [0.15, 0.2) is 41.3 Å². The number of aliphatic hydroxyl groups is 1. The minimum absolute atomic E-state index is 0.285. The van der Waals surface area contributed by atoms with Gasteiger partial charge in [-0.15, -0.1) is 0 Å². The van der Waals surface area contributed by atoms with Crippen molar-refractivity contribution in [3.05, 3.63) is 53.1 Å². The first-order valence-corrected chi connectivity index (χ1v) is 12.8. The summed E-state index contributed by atoms with van der Waals surface area (Å²) in [6.07, 6.45) is 5.39. The molecule has 6 nitrogen and oxygen atoms in total. The lowest BCUT2D eigenvalue weighted by Gasteiger charge is -2.42. The van der Waals surface area contributed by atoms with E-state index >= 15 is 0 Å². The van der Waals surface area contributed by atoms with E-state index in [2.05, 4.69) is 0 Å². The molecule has 4 rings (SSSR count). The summed E-state index contributed by atoms with van der Waals surface area (Å²) in [5.41, 5.74) is 2.08. The first kappa shape index (κ1) is 23.1. The van der Waals surface area contributed by atoms with Gasteiger partial charge in [0.15, 0.2) is 11.5 Å². The molecule has 174 valence electrons. The fourth-order valence-corrected chi connectivity index (χ4v) is 6.73. The zero-order valence-corrected chi connectivity index (χ0v) is 20.0. The van der Waals surface area contributed by atoms with Crippen molar-refractivity contribution < 1.29 is 23.0 Å². The Morgan fingerprint density at radius 1 is 1.03 bits per heavy atom. The smallest absolute Gasteiger partial charge is 0.243 e. The van der Waals surface area contributed by atoms with Crippen LogP contribution in [0.5, 0.6) is 11.5 Å². The average Bonchev–Trinajstić information content (AvgIpc) is 2.78. The van der Waals surface area contributed by atoms with Gasteiger partial charge < -0.3 is 14.6 Å². The van der Waals surface area contributed by atoms with Crippen LogP contribution in [-0.4, -0.2) is 44.2 Å². The number of methoxy groups -OCH3 is 2. The van der Waals surface area contributed by atoms with Gasteiger partial charge in [0.05, 0.1) is 30.8 Å². The summed E-state index contributed by atoms with van der Waals surface area (Å²) in [5.74, 6) is 1.21. The van der Waals surface area contributed by atoms with Crippen LogP contribution in [0.1, 0.15) is 61.3 Å². The molecule has 1 heterocycles. The normalized spacial score (nSPS) is 21.1. The summed E-state index contributed by atoms with van der Waals surface area (Å²) in [6.45, 7) is 2.30. The number of fused-ring (bicyclic) bond motifs is 1. The maximum absolute atomic E-state index is 13.7. The van der Waals surface area contributed by atoms with Gasteiger partial charge >= 0.3 is 0 Å². The quantitative estimate of drug-likeness (QED) is 0.694. The van der Waals surface area contributed by atoms with Gasteiger partial charge in [0, 0.05) is 6.54 Å². The Bertz CT molecular complexity index is 1060. The maximum atomic E-state index is 13.7. The van der Waals surface area contributed by atoms with Crippen molar-refractivity contribution in [2.75, 3.05) is 20.8 Å². The van der Waals surface area contributed by atoms with Gasteiger partial charge in [0.1, 0.15) is 0 Å². The topological polar surface area (TPSA) is 76.1 Å². The lowest BCUT2D eigenvalue weighted by Crippen LogP contribution is -2.44. The van der Waals surface area contributed by atoms with Gasteiger partial charge in [-0.1, -0.05) is 37.0 Å². The summed E-state index contributed by atoms with van der Waals surface area (Å²) >= 11 is 0. The van der Waals surface area contributed by atoms with E-state index in [1.165, 1.54) is 0 Å². The Morgan fingerprint density at radius 2 is 1.66 bits per heavy atom. The van der Waals surface area contributed by atoms with E-state index in [-0.39, 0.29) is 4.90 Å². The predicted molar refractivity (Wildman–Crippen MR) is 124 cm³/mol. The molecule has 1 aliphatic heterocycles. The van der Waals surface area contributed by atoms with Gasteiger partial charge in [-0.05, 0) is 68.0 Å². The Kier molecular flexibility index (Phi) is 6.52. The van der Waals surface area contributed by atoms with Gasteiger partial charge in [-0.25, -0.2) is 8.42 Å². The second-order valence-corrected chi connectivity index (χ2v) is 11.0. The summed E-state index contributed by atoms with van der Waals surface area (Å²) in [6, 6.07) is 10.4. The van der Waals surface area contributed by atoms with Gasteiger partial charge in [0.2, 0.25) is 10.0 Å². The summed E-state index contributed by atoms with van der Waals surface area (Å²) < 4.78 is 40.0. The SMILES string of the molecule is COc1cc2c(cc1OC)C(CC1(O)CCCCC1)N(S(=O)(=O)c1ccc(C)cc1)CC2.